The normalized spacial score (nSPS) is 33.8. The minimum absolute atomic E-state index is 0.0890. The Kier molecular flexibility index (Phi) is 4.87. The van der Waals surface area contributed by atoms with Gasteiger partial charge in [0.1, 0.15) is 11.3 Å². The second-order valence-electron chi connectivity index (χ2n) is 9.64. The van der Waals surface area contributed by atoms with Crippen molar-refractivity contribution in [2.75, 3.05) is 0 Å². The SMILES string of the molecule is CCCCC(c1nc2ccc(OS(N)(=O)=O)cc2o1)C1(O)C2CC3CC(C2)CC1C3. The van der Waals surface area contributed by atoms with Crippen LogP contribution < -0.4 is 9.32 Å². The van der Waals surface area contributed by atoms with Crippen molar-refractivity contribution in [1.29, 1.82) is 0 Å². The van der Waals surface area contributed by atoms with E-state index in [2.05, 4.69) is 6.92 Å². The quantitative estimate of drug-likeness (QED) is 0.683. The van der Waals surface area contributed by atoms with E-state index in [4.69, 9.17) is 18.7 Å². The fraction of sp³-hybridized carbons (Fsp3) is 0.682. The Hall–Kier alpha value is -1.64. The molecule has 3 N–H and O–H groups in total. The molecule has 164 valence electrons. The smallest absolute Gasteiger partial charge is 0.380 e. The fourth-order valence-corrected chi connectivity index (χ4v) is 7.10. The molecule has 1 unspecified atom stereocenters. The van der Waals surface area contributed by atoms with Gasteiger partial charge in [0, 0.05) is 6.07 Å². The first kappa shape index (κ1) is 20.3. The standard InChI is InChI=1S/C22H30N2O5S/c1-2-3-4-18(22(25)15-8-13-7-14(10-15)11-16(22)9-13)21-24-19-6-5-17(12-20(19)28-21)29-30(23,26)27/h5-6,12-16,18,25H,2-4,7-11H2,1H3,(H2,23,26,27). The Bertz CT molecular complexity index is 1020. The van der Waals surface area contributed by atoms with Crippen molar-refractivity contribution < 1.29 is 22.1 Å². The summed E-state index contributed by atoms with van der Waals surface area (Å²) in [6.07, 6.45) is 8.65. The summed E-state index contributed by atoms with van der Waals surface area (Å²) in [5.74, 6) is 2.65. The molecule has 1 atom stereocenters. The third-order valence-electron chi connectivity index (χ3n) is 7.74. The molecule has 4 saturated carbocycles. The summed E-state index contributed by atoms with van der Waals surface area (Å²) in [5.41, 5.74) is 0.296. The van der Waals surface area contributed by atoms with Gasteiger partial charge >= 0.3 is 10.3 Å². The molecule has 0 aliphatic heterocycles. The van der Waals surface area contributed by atoms with Crippen LogP contribution in [0, 0.1) is 23.7 Å². The van der Waals surface area contributed by atoms with E-state index in [0.29, 0.717) is 28.8 Å². The zero-order valence-corrected chi connectivity index (χ0v) is 18.1. The van der Waals surface area contributed by atoms with Crippen LogP contribution in [0.5, 0.6) is 5.75 Å². The van der Waals surface area contributed by atoms with E-state index in [9.17, 15) is 13.5 Å². The minimum atomic E-state index is -4.11. The van der Waals surface area contributed by atoms with Gasteiger partial charge in [-0.3, -0.25) is 0 Å². The first-order valence-electron chi connectivity index (χ1n) is 11.1. The summed E-state index contributed by atoms with van der Waals surface area (Å²) in [4.78, 5) is 4.72. The highest BCUT2D eigenvalue weighted by molar-refractivity contribution is 7.84. The maximum absolute atomic E-state index is 12.1. The van der Waals surface area contributed by atoms with Crippen LogP contribution >= 0.6 is 0 Å². The molecule has 0 saturated heterocycles. The predicted octanol–water partition coefficient (Wildman–Crippen LogP) is 3.87. The van der Waals surface area contributed by atoms with Crippen molar-refractivity contribution >= 4 is 21.4 Å². The molecule has 4 aliphatic rings. The second-order valence-corrected chi connectivity index (χ2v) is 10.8. The van der Waals surface area contributed by atoms with Gasteiger partial charge in [-0.1, -0.05) is 19.8 Å². The molecule has 7 nitrogen and oxygen atoms in total. The topological polar surface area (TPSA) is 116 Å². The van der Waals surface area contributed by atoms with Gasteiger partial charge < -0.3 is 13.7 Å². The third-order valence-corrected chi connectivity index (χ3v) is 8.16. The molecule has 4 bridgehead atoms. The van der Waals surface area contributed by atoms with Crippen LogP contribution in [0.3, 0.4) is 0 Å². The van der Waals surface area contributed by atoms with E-state index >= 15 is 0 Å². The molecule has 1 aromatic carbocycles. The Morgan fingerprint density at radius 1 is 1.23 bits per heavy atom. The number of oxazole rings is 1. The van der Waals surface area contributed by atoms with Crippen LogP contribution in [0.2, 0.25) is 0 Å². The Balaban J connectivity index is 1.52. The monoisotopic (exact) mass is 434 g/mol. The van der Waals surface area contributed by atoms with Crippen molar-refractivity contribution in [3.05, 3.63) is 24.1 Å². The maximum atomic E-state index is 12.1. The van der Waals surface area contributed by atoms with Crippen molar-refractivity contribution in [1.82, 2.24) is 4.98 Å². The van der Waals surface area contributed by atoms with Gasteiger partial charge in [0.05, 0.1) is 11.5 Å². The highest BCUT2D eigenvalue weighted by Gasteiger charge is 2.60. The average molecular weight is 435 g/mol. The molecular formula is C22H30N2O5S. The molecule has 4 fully saturated rings. The number of unbranched alkanes of at least 4 members (excludes halogenated alkanes) is 1. The van der Waals surface area contributed by atoms with Crippen LogP contribution in [0.15, 0.2) is 22.6 Å². The molecule has 0 amide bonds. The predicted molar refractivity (Wildman–Crippen MR) is 112 cm³/mol. The Morgan fingerprint density at radius 3 is 2.50 bits per heavy atom. The summed E-state index contributed by atoms with van der Waals surface area (Å²) in [6.45, 7) is 2.15. The van der Waals surface area contributed by atoms with Crippen molar-refractivity contribution in [3.8, 4) is 5.75 Å². The number of hydrogen-bond acceptors (Lipinski definition) is 6. The van der Waals surface area contributed by atoms with E-state index in [1.165, 1.54) is 18.6 Å². The van der Waals surface area contributed by atoms with E-state index < -0.39 is 15.9 Å². The molecule has 2 aromatic rings. The fourth-order valence-electron chi connectivity index (χ4n) is 6.73. The van der Waals surface area contributed by atoms with Gasteiger partial charge in [0.15, 0.2) is 5.58 Å². The zero-order valence-electron chi connectivity index (χ0n) is 17.3. The van der Waals surface area contributed by atoms with Crippen LogP contribution in [-0.4, -0.2) is 24.1 Å². The van der Waals surface area contributed by atoms with Crippen molar-refractivity contribution in [2.24, 2.45) is 28.8 Å². The lowest BCUT2D eigenvalue weighted by atomic mass is 9.47. The van der Waals surface area contributed by atoms with Crippen LogP contribution in [0.4, 0.5) is 0 Å². The molecule has 6 rings (SSSR count). The first-order chi connectivity index (χ1) is 14.3. The van der Waals surface area contributed by atoms with Crippen molar-refractivity contribution in [2.45, 2.75) is 69.8 Å². The van der Waals surface area contributed by atoms with Crippen LogP contribution in [-0.2, 0) is 10.3 Å². The number of fused-ring (bicyclic) bond motifs is 1. The molecule has 0 radical (unpaired) electrons. The second kappa shape index (κ2) is 7.21. The van der Waals surface area contributed by atoms with Gasteiger partial charge in [-0.2, -0.15) is 13.6 Å². The van der Waals surface area contributed by atoms with E-state index in [0.717, 1.165) is 56.8 Å². The molecule has 30 heavy (non-hydrogen) atoms. The number of rotatable bonds is 7. The van der Waals surface area contributed by atoms with Gasteiger partial charge in [0.2, 0.25) is 5.89 Å². The lowest BCUT2D eigenvalue weighted by molar-refractivity contribution is -0.190. The van der Waals surface area contributed by atoms with E-state index in [1.807, 2.05) is 0 Å². The van der Waals surface area contributed by atoms with Crippen molar-refractivity contribution in [3.63, 3.8) is 0 Å². The molecular weight excluding hydrogens is 404 g/mol. The Labute approximate surface area is 177 Å². The third kappa shape index (κ3) is 3.42. The highest BCUT2D eigenvalue weighted by atomic mass is 32.2. The van der Waals surface area contributed by atoms with E-state index in [-0.39, 0.29) is 11.7 Å². The van der Waals surface area contributed by atoms with E-state index in [1.54, 1.807) is 6.07 Å². The van der Waals surface area contributed by atoms with Gasteiger partial charge in [0.25, 0.3) is 0 Å². The Morgan fingerprint density at radius 2 is 1.90 bits per heavy atom. The first-order valence-corrected chi connectivity index (χ1v) is 12.6. The van der Waals surface area contributed by atoms with Crippen LogP contribution in [0.25, 0.3) is 11.1 Å². The van der Waals surface area contributed by atoms with Gasteiger partial charge in [-0.15, -0.1) is 0 Å². The molecule has 1 aromatic heterocycles. The average Bonchev–Trinajstić information content (AvgIpc) is 3.07. The summed E-state index contributed by atoms with van der Waals surface area (Å²) < 4.78 is 33.4. The largest absolute Gasteiger partial charge is 0.440 e. The maximum Gasteiger partial charge on any atom is 0.380 e. The highest BCUT2D eigenvalue weighted by Crippen LogP contribution is 2.62. The number of hydrogen-bond donors (Lipinski definition) is 2. The van der Waals surface area contributed by atoms with Gasteiger partial charge in [-0.05, 0) is 74.3 Å². The van der Waals surface area contributed by atoms with Crippen LogP contribution in [0.1, 0.15) is 70.1 Å². The number of nitrogens with zero attached hydrogens (tertiary/aromatic N) is 1. The number of aromatic nitrogens is 1. The summed E-state index contributed by atoms with van der Waals surface area (Å²) in [7, 11) is -4.11. The van der Waals surface area contributed by atoms with Gasteiger partial charge in [-0.25, -0.2) is 4.98 Å². The summed E-state index contributed by atoms with van der Waals surface area (Å²) in [5, 5.41) is 17.1. The number of nitrogens with two attached hydrogens (primary N) is 1. The molecule has 1 heterocycles. The molecule has 4 aliphatic carbocycles. The summed E-state index contributed by atoms with van der Waals surface area (Å²) in [6, 6.07) is 4.67. The minimum Gasteiger partial charge on any atom is -0.440 e. The molecule has 0 spiro atoms. The lowest BCUT2D eigenvalue weighted by Gasteiger charge is -2.60. The molecule has 8 heteroatoms. The lowest BCUT2D eigenvalue weighted by Crippen LogP contribution is -2.60. The number of aliphatic hydroxyl groups is 1. The number of benzene rings is 1. The zero-order chi connectivity index (χ0) is 21.1. The summed E-state index contributed by atoms with van der Waals surface area (Å²) >= 11 is 0.